The van der Waals surface area contributed by atoms with Crippen molar-refractivity contribution in [3.8, 4) is 23.6 Å². The van der Waals surface area contributed by atoms with Gasteiger partial charge in [0, 0.05) is 0 Å². The summed E-state index contributed by atoms with van der Waals surface area (Å²) in [6.07, 6.45) is -0.556. The summed E-state index contributed by atoms with van der Waals surface area (Å²) >= 11 is 0. The van der Waals surface area contributed by atoms with Crippen molar-refractivity contribution in [2.75, 3.05) is 0 Å². The van der Waals surface area contributed by atoms with Gasteiger partial charge in [0.15, 0.2) is 0 Å². The summed E-state index contributed by atoms with van der Waals surface area (Å²) in [6, 6.07) is 15.7. The van der Waals surface area contributed by atoms with Crippen LogP contribution in [0.25, 0.3) is 0 Å². The van der Waals surface area contributed by atoms with Crippen LogP contribution in [0.1, 0.15) is 17.5 Å². The van der Waals surface area contributed by atoms with E-state index in [9.17, 15) is 9.59 Å². The number of rotatable bonds is 4. The third-order valence-corrected chi connectivity index (χ3v) is 2.72. The van der Waals surface area contributed by atoms with Crippen LogP contribution in [0.4, 0.5) is 0 Å². The Bertz CT molecular complexity index is 727. The van der Waals surface area contributed by atoms with E-state index in [-0.39, 0.29) is 11.5 Å². The predicted octanol–water partition coefficient (Wildman–Crippen LogP) is 2.33. The van der Waals surface area contributed by atoms with E-state index in [0.717, 1.165) is 0 Å². The number of nitriles is 2. The molecular weight excluding hydrogens is 296 g/mol. The fraction of sp³-hybridized carbons (Fsp3) is 0.0588. The predicted molar refractivity (Wildman–Crippen MR) is 78.2 cm³/mol. The van der Waals surface area contributed by atoms with Gasteiger partial charge in [0.2, 0.25) is 0 Å². The Morgan fingerprint density at radius 2 is 1.09 bits per heavy atom. The smallest absolute Gasteiger partial charge is 0.322 e. The van der Waals surface area contributed by atoms with Gasteiger partial charge in [0.25, 0.3) is 0 Å². The Balaban J connectivity index is 1.87. The van der Waals surface area contributed by atoms with E-state index in [2.05, 4.69) is 0 Å². The summed E-state index contributed by atoms with van der Waals surface area (Å²) in [6.45, 7) is 0. The highest BCUT2D eigenvalue weighted by atomic mass is 16.6. The highest BCUT2D eigenvalue weighted by molar-refractivity contribution is 5.93. The summed E-state index contributed by atoms with van der Waals surface area (Å²) in [5.41, 5.74) is 0.870. The van der Waals surface area contributed by atoms with Gasteiger partial charge in [-0.3, -0.25) is 9.59 Å². The molecule has 0 saturated carbocycles. The minimum absolute atomic E-state index is 0.236. The van der Waals surface area contributed by atoms with Crippen LogP contribution in [0.5, 0.6) is 11.5 Å². The lowest BCUT2D eigenvalue weighted by Crippen LogP contribution is -2.18. The first-order valence-corrected chi connectivity index (χ1v) is 6.52. The number of nitrogens with zero attached hydrogens (tertiary/aromatic N) is 2. The monoisotopic (exact) mass is 306 g/mol. The van der Waals surface area contributed by atoms with Crippen molar-refractivity contribution in [1.82, 2.24) is 0 Å². The molecule has 0 saturated heterocycles. The molecule has 0 spiro atoms. The maximum absolute atomic E-state index is 11.6. The summed E-state index contributed by atoms with van der Waals surface area (Å²) in [4.78, 5) is 23.3. The molecule has 0 radical (unpaired) electrons. The molecule has 0 atom stereocenters. The topological polar surface area (TPSA) is 100 Å². The normalized spacial score (nSPS) is 9.30. The third kappa shape index (κ3) is 4.69. The maximum Gasteiger partial charge on any atom is 0.322 e. The van der Waals surface area contributed by atoms with E-state index >= 15 is 0 Å². The molecule has 0 aromatic heterocycles. The van der Waals surface area contributed by atoms with Crippen molar-refractivity contribution < 1.29 is 19.1 Å². The highest BCUT2D eigenvalue weighted by Crippen LogP contribution is 2.14. The maximum atomic E-state index is 11.6. The van der Waals surface area contributed by atoms with Crippen LogP contribution < -0.4 is 9.47 Å². The Morgan fingerprint density at radius 1 is 0.739 bits per heavy atom. The van der Waals surface area contributed by atoms with Crippen LogP contribution in [0, 0.1) is 22.7 Å². The molecule has 6 heteroatoms. The van der Waals surface area contributed by atoms with Gasteiger partial charge in [-0.15, -0.1) is 0 Å². The van der Waals surface area contributed by atoms with Crippen molar-refractivity contribution >= 4 is 11.9 Å². The molecule has 23 heavy (non-hydrogen) atoms. The van der Waals surface area contributed by atoms with E-state index in [4.69, 9.17) is 20.0 Å². The first kappa shape index (κ1) is 15.7. The standard InChI is InChI=1S/C17H10N2O4/c18-10-12-1-5-14(6-2-12)22-16(20)9-17(21)23-15-7-3-13(11-19)4-8-15/h1-8H,9H2. The summed E-state index contributed by atoms with van der Waals surface area (Å²) in [7, 11) is 0. The average molecular weight is 306 g/mol. The molecule has 2 rings (SSSR count). The van der Waals surface area contributed by atoms with Crippen molar-refractivity contribution in [3.63, 3.8) is 0 Å². The third-order valence-electron chi connectivity index (χ3n) is 2.72. The summed E-state index contributed by atoms with van der Waals surface area (Å²) < 4.78 is 9.93. The number of hydrogen-bond acceptors (Lipinski definition) is 6. The number of ether oxygens (including phenoxy) is 2. The molecule has 112 valence electrons. The van der Waals surface area contributed by atoms with Crippen LogP contribution in [-0.2, 0) is 9.59 Å². The number of esters is 2. The zero-order valence-corrected chi connectivity index (χ0v) is 11.9. The van der Waals surface area contributed by atoms with Gasteiger partial charge in [-0.1, -0.05) is 0 Å². The van der Waals surface area contributed by atoms with Gasteiger partial charge in [0.05, 0.1) is 23.3 Å². The molecule has 2 aromatic carbocycles. The van der Waals surface area contributed by atoms with Gasteiger partial charge in [-0.05, 0) is 48.5 Å². The molecule has 0 aliphatic heterocycles. The van der Waals surface area contributed by atoms with E-state index in [1.54, 1.807) is 0 Å². The Morgan fingerprint density at radius 3 is 1.39 bits per heavy atom. The zero-order valence-electron chi connectivity index (χ0n) is 11.9. The lowest BCUT2D eigenvalue weighted by atomic mass is 10.2. The molecule has 0 bridgehead atoms. The zero-order chi connectivity index (χ0) is 16.7. The Kier molecular flexibility index (Phi) is 5.06. The molecule has 0 aliphatic rings. The van der Waals surface area contributed by atoms with Crippen molar-refractivity contribution in [2.24, 2.45) is 0 Å². The van der Waals surface area contributed by atoms with Gasteiger partial charge >= 0.3 is 11.9 Å². The largest absolute Gasteiger partial charge is 0.426 e. The molecular formula is C17H10N2O4. The quantitative estimate of drug-likeness (QED) is 0.488. The second-order valence-corrected chi connectivity index (χ2v) is 4.40. The number of carbonyl (C=O) groups is 2. The van der Waals surface area contributed by atoms with E-state index in [1.807, 2.05) is 12.1 Å². The second kappa shape index (κ2) is 7.39. The van der Waals surface area contributed by atoms with Crippen molar-refractivity contribution in [1.29, 1.82) is 10.5 Å². The van der Waals surface area contributed by atoms with Gasteiger partial charge in [-0.2, -0.15) is 10.5 Å². The fourth-order valence-corrected chi connectivity index (χ4v) is 1.65. The van der Waals surface area contributed by atoms with E-state index < -0.39 is 18.4 Å². The van der Waals surface area contributed by atoms with Crippen LogP contribution in [0.15, 0.2) is 48.5 Å². The lowest BCUT2D eigenvalue weighted by Gasteiger charge is -2.05. The van der Waals surface area contributed by atoms with Gasteiger partial charge in [0.1, 0.15) is 17.9 Å². The van der Waals surface area contributed by atoms with Gasteiger partial charge < -0.3 is 9.47 Å². The summed E-state index contributed by atoms with van der Waals surface area (Å²) in [5.74, 6) is -1.07. The van der Waals surface area contributed by atoms with Crippen LogP contribution >= 0.6 is 0 Å². The molecule has 0 unspecified atom stereocenters. The second-order valence-electron chi connectivity index (χ2n) is 4.40. The van der Waals surface area contributed by atoms with Gasteiger partial charge in [-0.25, -0.2) is 0 Å². The lowest BCUT2D eigenvalue weighted by molar-refractivity contribution is -0.144. The minimum Gasteiger partial charge on any atom is -0.426 e. The van der Waals surface area contributed by atoms with E-state index in [0.29, 0.717) is 11.1 Å². The SMILES string of the molecule is N#Cc1ccc(OC(=O)CC(=O)Oc2ccc(C#N)cc2)cc1. The Labute approximate surface area is 132 Å². The first-order chi connectivity index (χ1) is 11.1. The Hall–Kier alpha value is -3.64. The van der Waals surface area contributed by atoms with Crippen LogP contribution in [-0.4, -0.2) is 11.9 Å². The molecule has 0 amide bonds. The summed E-state index contributed by atoms with van der Waals surface area (Å²) in [5, 5.41) is 17.3. The molecule has 0 fully saturated rings. The molecule has 6 nitrogen and oxygen atoms in total. The van der Waals surface area contributed by atoms with Crippen LogP contribution in [0.2, 0.25) is 0 Å². The van der Waals surface area contributed by atoms with Crippen LogP contribution in [0.3, 0.4) is 0 Å². The first-order valence-electron chi connectivity index (χ1n) is 6.52. The average Bonchev–Trinajstić information content (AvgIpc) is 2.56. The van der Waals surface area contributed by atoms with E-state index in [1.165, 1.54) is 48.5 Å². The van der Waals surface area contributed by atoms with Crippen molar-refractivity contribution in [2.45, 2.75) is 6.42 Å². The molecule has 0 aliphatic carbocycles. The number of benzene rings is 2. The highest BCUT2D eigenvalue weighted by Gasteiger charge is 2.14. The minimum atomic E-state index is -0.770. The fourth-order valence-electron chi connectivity index (χ4n) is 1.65. The number of hydrogen-bond donors (Lipinski definition) is 0. The molecule has 2 aromatic rings. The molecule has 0 heterocycles. The number of carbonyl (C=O) groups excluding carboxylic acids is 2. The van der Waals surface area contributed by atoms with Crippen molar-refractivity contribution in [3.05, 3.63) is 59.7 Å². The molecule has 0 N–H and O–H groups in total.